The zero-order chi connectivity index (χ0) is 13.8. The standard InChI is InChI=1S/C15H19BrFNO/c1-2-10-3-6-12(7-4-10)18-15(19)11-5-8-14(17)13(16)9-11/h5,8-10,12H,2-4,6-7H2,1H3,(H,18,19). The van der Waals surface area contributed by atoms with Crippen molar-refractivity contribution < 1.29 is 9.18 Å². The molecule has 1 aromatic carbocycles. The van der Waals surface area contributed by atoms with E-state index in [0.29, 0.717) is 10.0 Å². The van der Waals surface area contributed by atoms with E-state index in [2.05, 4.69) is 28.2 Å². The Hall–Kier alpha value is -0.900. The van der Waals surface area contributed by atoms with Gasteiger partial charge in [-0.2, -0.15) is 0 Å². The summed E-state index contributed by atoms with van der Waals surface area (Å²) in [4.78, 5) is 12.1. The molecule has 0 bridgehead atoms. The van der Waals surface area contributed by atoms with Crippen molar-refractivity contribution in [3.8, 4) is 0 Å². The van der Waals surface area contributed by atoms with E-state index in [1.54, 1.807) is 0 Å². The lowest BCUT2D eigenvalue weighted by Gasteiger charge is -2.28. The van der Waals surface area contributed by atoms with Gasteiger partial charge >= 0.3 is 0 Å². The summed E-state index contributed by atoms with van der Waals surface area (Å²) in [6.07, 6.45) is 5.70. The van der Waals surface area contributed by atoms with Crippen molar-refractivity contribution in [2.45, 2.75) is 45.1 Å². The Kier molecular flexibility index (Phi) is 4.97. The lowest BCUT2D eigenvalue weighted by molar-refractivity contribution is 0.0921. The van der Waals surface area contributed by atoms with Crippen LogP contribution in [0.2, 0.25) is 0 Å². The van der Waals surface area contributed by atoms with E-state index in [1.165, 1.54) is 37.5 Å². The second-order valence-electron chi connectivity index (χ2n) is 5.23. The number of halogens is 2. The second kappa shape index (κ2) is 6.51. The van der Waals surface area contributed by atoms with Crippen molar-refractivity contribution in [1.29, 1.82) is 0 Å². The minimum atomic E-state index is -0.347. The lowest BCUT2D eigenvalue weighted by atomic mass is 9.84. The Balaban J connectivity index is 1.92. The van der Waals surface area contributed by atoms with Gasteiger partial charge in [-0.3, -0.25) is 4.79 Å². The van der Waals surface area contributed by atoms with Crippen molar-refractivity contribution in [2.75, 3.05) is 0 Å². The van der Waals surface area contributed by atoms with Crippen LogP contribution in [0.5, 0.6) is 0 Å². The molecule has 0 heterocycles. The SMILES string of the molecule is CCC1CCC(NC(=O)c2ccc(F)c(Br)c2)CC1. The monoisotopic (exact) mass is 327 g/mol. The van der Waals surface area contributed by atoms with Gasteiger partial charge in [-0.15, -0.1) is 0 Å². The minimum absolute atomic E-state index is 0.111. The first kappa shape index (κ1) is 14.5. The molecule has 0 aromatic heterocycles. The Morgan fingerprint density at radius 2 is 2.05 bits per heavy atom. The van der Waals surface area contributed by atoms with E-state index in [9.17, 15) is 9.18 Å². The summed E-state index contributed by atoms with van der Waals surface area (Å²) in [5, 5.41) is 3.04. The van der Waals surface area contributed by atoms with Gasteiger partial charge in [-0.1, -0.05) is 13.3 Å². The molecule has 1 saturated carbocycles. The molecule has 1 aliphatic carbocycles. The van der Waals surface area contributed by atoms with E-state index in [4.69, 9.17) is 0 Å². The van der Waals surface area contributed by atoms with Gasteiger partial charge in [-0.05, 0) is 65.7 Å². The molecule has 1 fully saturated rings. The fraction of sp³-hybridized carbons (Fsp3) is 0.533. The summed E-state index contributed by atoms with van der Waals surface area (Å²) >= 11 is 3.10. The number of hydrogen-bond donors (Lipinski definition) is 1. The Morgan fingerprint density at radius 1 is 1.37 bits per heavy atom. The van der Waals surface area contributed by atoms with E-state index in [0.717, 1.165) is 18.8 Å². The highest BCUT2D eigenvalue weighted by Crippen LogP contribution is 2.26. The summed E-state index contributed by atoms with van der Waals surface area (Å²) in [5.41, 5.74) is 0.505. The van der Waals surface area contributed by atoms with Gasteiger partial charge in [0.15, 0.2) is 0 Å². The third-order valence-corrected chi connectivity index (χ3v) is 4.55. The molecule has 0 radical (unpaired) electrons. The van der Waals surface area contributed by atoms with Crippen molar-refractivity contribution in [3.05, 3.63) is 34.1 Å². The maximum absolute atomic E-state index is 13.1. The summed E-state index contributed by atoms with van der Waals surface area (Å²) in [6.45, 7) is 2.22. The summed E-state index contributed by atoms with van der Waals surface area (Å²) in [7, 11) is 0. The predicted molar refractivity (Wildman–Crippen MR) is 77.6 cm³/mol. The maximum atomic E-state index is 13.1. The lowest BCUT2D eigenvalue weighted by Crippen LogP contribution is -2.37. The van der Waals surface area contributed by atoms with Crippen LogP contribution in [0.4, 0.5) is 4.39 Å². The predicted octanol–water partition coefficient (Wildman–Crippen LogP) is 4.29. The molecule has 0 unspecified atom stereocenters. The van der Waals surface area contributed by atoms with Crippen molar-refractivity contribution >= 4 is 21.8 Å². The third-order valence-electron chi connectivity index (χ3n) is 3.94. The van der Waals surface area contributed by atoms with Crippen LogP contribution in [-0.4, -0.2) is 11.9 Å². The van der Waals surface area contributed by atoms with Gasteiger partial charge in [0.25, 0.3) is 5.91 Å². The van der Waals surface area contributed by atoms with Crippen LogP contribution in [0.15, 0.2) is 22.7 Å². The van der Waals surface area contributed by atoms with E-state index in [-0.39, 0.29) is 17.8 Å². The van der Waals surface area contributed by atoms with E-state index >= 15 is 0 Å². The highest BCUT2D eigenvalue weighted by atomic mass is 79.9. The topological polar surface area (TPSA) is 29.1 Å². The van der Waals surface area contributed by atoms with Crippen LogP contribution in [0, 0.1) is 11.7 Å². The summed E-state index contributed by atoms with van der Waals surface area (Å²) < 4.78 is 13.5. The molecule has 0 atom stereocenters. The Bertz CT molecular complexity index is 455. The first-order valence-electron chi connectivity index (χ1n) is 6.86. The number of amides is 1. The third kappa shape index (κ3) is 3.78. The van der Waals surface area contributed by atoms with Crippen LogP contribution in [-0.2, 0) is 0 Å². The average Bonchev–Trinajstić information content (AvgIpc) is 2.42. The first-order chi connectivity index (χ1) is 9.10. The molecule has 2 nitrogen and oxygen atoms in total. The van der Waals surface area contributed by atoms with Crippen LogP contribution < -0.4 is 5.32 Å². The number of rotatable bonds is 3. The maximum Gasteiger partial charge on any atom is 0.251 e. The molecule has 0 aliphatic heterocycles. The van der Waals surface area contributed by atoms with Crippen LogP contribution >= 0.6 is 15.9 Å². The van der Waals surface area contributed by atoms with Gasteiger partial charge in [0.2, 0.25) is 0 Å². The van der Waals surface area contributed by atoms with Gasteiger partial charge in [-0.25, -0.2) is 4.39 Å². The molecule has 19 heavy (non-hydrogen) atoms. The van der Waals surface area contributed by atoms with Crippen LogP contribution in [0.1, 0.15) is 49.4 Å². The van der Waals surface area contributed by atoms with Crippen molar-refractivity contribution in [3.63, 3.8) is 0 Å². The van der Waals surface area contributed by atoms with E-state index in [1.807, 2.05) is 0 Å². The number of hydrogen-bond acceptors (Lipinski definition) is 1. The quantitative estimate of drug-likeness (QED) is 0.881. The van der Waals surface area contributed by atoms with Crippen LogP contribution in [0.3, 0.4) is 0 Å². The average molecular weight is 328 g/mol. The molecule has 104 valence electrons. The molecule has 1 N–H and O–H groups in total. The number of carbonyl (C=O) groups excluding carboxylic acids is 1. The Labute approximate surface area is 121 Å². The van der Waals surface area contributed by atoms with Crippen LogP contribution in [0.25, 0.3) is 0 Å². The minimum Gasteiger partial charge on any atom is -0.349 e. The molecule has 1 amide bonds. The molecule has 1 aliphatic rings. The van der Waals surface area contributed by atoms with Gasteiger partial charge in [0.05, 0.1) is 4.47 Å². The van der Waals surface area contributed by atoms with Crippen molar-refractivity contribution in [1.82, 2.24) is 5.32 Å². The molecule has 0 spiro atoms. The summed E-state index contributed by atoms with van der Waals surface area (Å²) in [5.74, 6) is 0.355. The first-order valence-corrected chi connectivity index (χ1v) is 7.65. The van der Waals surface area contributed by atoms with Gasteiger partial charge in [0.1, 0.15) is 5.82 Å². The number of nitrogens with one attached hydrogen (secondary N) is 1. The highest BCUT2D eigenvalue weighted by Gasteiger charge is 2.21. The zero-order valence-corrected chi connectivity index (χ0v) is 12.7. The molecular formula is C15H19BrFNO. The number of carbonyl (C=O) groups is 1. The van der Waals surface area contributed by atoms with Gasteiger partial charge in [0, 0.05) is 11.6 Å². The fourth-order valence-electron chi connectivity index (χ4n) is 2.62. The number of benzene rings is 1. The molecule has 1 aromatic rings. The smallest absolute Gasteiger partial charge is 0.251 e. The molecule has 0 saturated heterocycles. The summed E-state index contributed by atoms with van der Waals surface area (Å²) in [6, 6.07) is 4.63. The van der Waals surface area contributed by atoms with Crippen molar-refractivity contribution in [2.24, 2.45) is 5.92 Å². The molecular weight excluding hydrogens is 309 g/mol. The zero-order valence-electron chi connectivity index (χ0n) is 11.1. The normalized spacial score (nSPS) is 23.1. The second-order valence-corrected chi connectivity index (χ2v) is 6.08. The fourth-order valence-corrected chi connectivity index (χ4v) is 3.00. The Morgan fingerprint density at radius 3 is 2.63 bits per heavy atom. The molecule has 4 heteroatoms. The highest BCUT2D eigenvalue weighted by molar-refractivity contribution is 9.10. The van der Waals surface area contributed by atoms with Gasteiger partial charge < -0.3 is 5.32 Å². The molecule has 2 rings (SSSR count). The largest absolute Gasteiger partial charge is 0.349 e. The van der Waals surface area contributed by atoms with E-state index < -0.39 is 0 Å².